The molecule has 29 heavy (non-hydrogen) atoms. The lowest BCUT2D eigenvalue weighted by Crippen LogP contribution is -2.48. The molecule has 2 N–H and O–H groups in total. The molecule has 8 heteroatoms. The lowest BCUT2D eigenvalue weighted by molar-refractivity contribution is -0.127. The number of carbonyl (C=O) groups is 3. The van der Waals surface area contributed by atoms with Crippen molar-refractivity contribution in [3.05, 3.63) is 47.8 Å². The molecule has 1 aliphatic carbocycles. The summed E-state index contributed by atoms with van der Waals surface area (Å²) in [4.78, 5) is 36.4. The Morgan fingerprint density at radius 3 is 2.41 bits per heavy atom. The second-order valence-corrected chi connectivity index (χ2v) is 7.28. The van der Waals surface area contributed by atoms with Crippen molar-refractivity contribution in [2.24, 2.45) is 0 Å². The van der Waals surface area contributed by atoms with Crippen molar-refractivity contribution in [3.8, 4) is 5.69 Å². The summed E-state index contributed by atoms with van der Waals surface area (Å²) in [5.41, 5.74) is 2.09. The van der Waals surface area contributed by atoms with Crippen LogP contribution in [0.1, 0.15) is 55.1 Å². The number of urea groups is 1. The Labute approximate surface area is 169 Å². The Kier molecular flexibility index (Phi) is 6.64. The number of aryl methyl sites for hydroxylation is 1. The van der Waals surface area contributed by atoms with Gasteiger partial charge in [0.05, 0.1) is 11.3 Å². The third-order valence-electron chi connectivity index (χ3n) is 5.01. The summed E-state index contributed by atoms with van der Waals surface area (Å²) in [5.74, 6) is -1.29. The fourth-order valence-electron chi connectivity index (χ4n) is 3.34. The van der Waals surface area contributed by atoms with E-state index in [2.05, 4.69) is 15.7 Å². The fraction of sp³-hybridized carbons (Fsp3) is 0.429. The van der Waals surface area contributed by atoms with Gasteiger partial charge in [0.1, 0.15) is 0 Å². The maximum atomic E-state index is 12.3. The molecule has 1 heterocycles. The number of benzene rings is 1. The Hall–Kier alpha value is -3.16. The first kappa shape index (κ1) is 20.6. The van der Waals surface area contributed by atoms with Gasteiger partial charge in [0.25, 0.3) is 5.91 Å². The molecule has 1 aliphatic rings. The van der Waals surface area contributed by atoms with Crippen molar-refractivity contribution >= 4 is 17.9 Å². The molecule has 3 rings (SSSR count). The van der Waals surface area contributed by atoms with Crippen LogP contribution in [0.4, 0.5) is 4.79 Å². The zero-order valence-electron chi connectivity index (χ0n) is 16.7. The highest BCUT2D eigenvalue weighted by atomic mass is 16.5. The van der Waals surface area contributed by atoms with Crippen molar-refractivity contribution in [2.45, 2.75) is 58.1 Å². The molecular formula is C21H26N4O4. The molecule has 0 unspecified atom stereocenters. The molecule has 2 aromatic rings. The number of rotatable bonds is 5. The molecule has 1 fully saturated rings. The molecule has 0 bridgehead atoms. The van der Waals surface area contributed by atoms with Gasteiger partial charge in [-0.2, -0.15) is 5.10 Å². The smallest absolute Gasteiger partial charge is 0.338 e. The number of aromatic nitrogens is 2. The van der Waals surface area contributed by atoms with Gasteiger partial charge in [-0.3, -0.25) is 10.1 Å². The van der Waals surface area contributed by atoms with E-state index >= 15 is 0 Å². The van der Waals surface area contributed by atoms with E-state index in [1.807, 2.05) is 13.0 Å². The SMILES string of the molecule is Cc1ccnn1-c1ccc(C(=O)O[C@H](C)C(=O)NC(=O)NC2CCCCC2)cc1. The number of nitrogens with one attached hydrogen (secondary N) is 2. The van der Waals surface area contributed by atoms with Crippen molar-refractivity contribution < 1.29 is 19.1 Å². The van der Waals surface area contributed by atoms with Crippen LogP contribution in [0, 0.1) is 6.92 Å². The number of nitrogens with zero attached hydrogens (tertiary/aromatic N) is 2. The zero-order chi connectivity index (χ0) is 20.8. The first-order valence-electron chi connectivity index (χ1n) is 9.87. The number of carbonyl (C=O) groups excluding carboxylic acids is 3. The van der Waals surface area contributed by atoms with Crippen LogP contribution in [0.2, 0.25) is 0 Å². The average Bonchev–Trinajstić information content (AvgIpc) is 3.14. The van der Waals surface area contributed by atoms with Crippen molar-refractivity contribution in [2.75, 3.05) is 0 Å². The monoisotopic (exact) mass is 398 g/mol. The Morgan fingerprint density at radius 2 is 1.79 bits per heavy atom. The normalized spacial score (nSPS) is 15.4. The van der Waals surface area contributed by atoms with Crippen LogP contribution >= 0.6 is 0 Å². The predicted octanol–water partition coefficient (Wildman–Crippen LogP) is 2.88. The summed E-state index contributed by atoms with van der Waals surface area (Å²) in [6, 6.07) is 8.14. The largest absolute Gasteiger partial charge is 0.449 e. The number of esters is 1. The van der Waals surface area contributed by atoms with Gasteiger partial charge in [-0.25, -0.2) is 14.3 Å². The highest BCUT2D eigenvalue weighted by Crippen LogP contribution is 2.17. The highest BCUT2D eigenvalue weighted by molar-refractivity contribution is 5.98. The van der Waals surface area contributed by atoms with Gasteiger partial charge in [-0.1, -0.05) is 19.3 Å². The molecule has 1 saturated carbocycles. The Balaban J connectivity index is 1.50. The topological polar surface area (TPSA) is 102 Å². The van der Waals surface area contributed by atoms with Crippen LogP contribution in [-0.2, 0) is 9.53 Å². The first-order chi connectivity index (χ1) is 13.9. The lowest BCUT2D eigenvalue weighted by Gasteiger charge is -2.23. The molecule has 0 radical (unpaired) electrons. The molecular weight excluding hydrogens is 372 g/mol. The van der Waals surface area contributed by atoms with Gasteiger partial charge in [0.2, 0.25) is 0 Å². The molecule has 0 saturated heterocycles. The van der Waals surface area contributed by atoms with Crippen LogP contribution in [0.25, 0.3) is 5.69 Å². The second kappa shape index (κ2) is 9.36. The van der Waals surface area contributed by atoms with Gasteiger partial charge in [0, 0.05) is 17.9 Å². The molecule has 1 atom stereocenters. The van der Waals surface area contributed by atoms with E-state index < -0.39 is 24.0 Å². The van der Waals surface area contributed by atoms with E-state index in [-0.39, 0.29) is 6.04 Å². The number of amides is 3. The van der Waals surface area contributed by atoms with Crippen LogP contribution in [0.5, 0.6) is 0 Å². The zero-order valence-corrected chi connectivity index (χ0v) is 16.7. The van der Waals surface area contributed by atoms with E-state index in [0.29, 0.717) is 5.56 Å². The standard InChI is InChI=1S/C21H26N4O4/c1-14-12-13-22-25(14)18-10-8-16(9-11-18)20(27)29-15(2)19(26)24-21(28)23-17-6-4-3-5-7-17/h8-13,15,17H,3-7H2,1-2H3,(H2,23,24,26,28)/t15-/m1/s1. The number of hydrogen-bond acceptors (Lipinski definition) is 5. The Bertz CT molecular complexity index is 869. The molecule has 154 valence electrons. The third-order valence-corrected chi connectivity index (χ3v) is 5.01. The molecule has 8 nitrogen and oxygen atoms in total. The summed E-state index contributed by atoms with van der Waals surface area (Å²) >= 11 is 0. The molecule has 1 aromatic heterocycles. The fourth-order valence-corrected chi connectivity index (χ4v) is 3.34. The molecule has 3 amide bonds. The number of ether oxygens (including phenoxy) is 1. The van der Waals surface area contributed by atoms with Crippen LogP contribution in [-0.4, -0.2) is 39.8 Å². The quantitative estimate of drug-likeness (QED) is 0.754. The first-order valence-corrected chi connectivity index (χ1v) is 9.87. The highest BCUT2D eigenvalue weighted by Gasteiger charge is 2.22. The van der Waals surface area contributed by atoms with E-state index in [1.54, 1.807) is 35.1 Å². The number of imide groups is 1. The van der Waals surface area contributed by atoms with Crippen molar-refractivity contribution in [1.29, 1.82) is 0 Å². The predicted molar refractivity (Wildman–Crippen MR) is 107 cm³/mol. The second-order valence-electron chi connectivity index (χ2n) is 7.28. The van der Waals surface area contributed by atoms with Crippen molar-refractivity contribution in [1.82, 2.24) is 20.4 Å². The van der Waals surface area contributed by atoms with E-state index in [0.717, 1.165) is 37.1 Å². The van der Waals surface area contributed by atoms with Gasteiger partial charge >= 0.3 is 12.0 Å². The molecule has 1 aromatic carbocycles. The van der Waals surface area contributed by atoms with E-state index in [4.69, 9.17) is 4.74 Å². The maximum Gasteiger partial charge on any atom is 0.338 e. The maximum absolute atomic E-state index is 12.3. The third kappa shape index (κ3) is 5.43. The Morgan fingerprint density at radius 1 is 1.10 bits per heavy atom. The molecule has 0 spiro atoms. The van der Waals surface area contributed by atoms with Crippen LogP contribution in [0.15, 0.2) is 36.5 Å². The van der Waals surface area contributed by atoms with E-state index in [9.17, 15) is 14.4 Å². The van der Waals surface area contributed by atoms with Gasteiger partial charge in [0.15, 0.2) is 6.10 Å². The summed E-state index contributed by atoms with van der Waals surface area (Å²) in [6.45, 7) is 3.36. The molecule has 0 aliphatic heterocycles. The minimum absolute atomic E-state index is 0.0892. The summed E-state index contributed by atoms with van der Waals surface area (Å²) in [7, 11) is 0. The summed E-state index contributed by atoms with van der Waals surface area (Å²) in [6.07, 6.45) is 5.77. The lowest BCUT2D eigenvalue weighted by atomic mass is 9.96. The summed E-state index contributed by atoms with van der Waals surface area (Å²) in [5, 5.41) is 9.25. The van der Waals surface area contributed by atoms with Crippen molar-refractivity contribution in [3.63, 3.8) is 0 Å². The summed E-state index contributed by atoms with van der Waals surface area (Å²) < 4.78 is 6.94. The average molecular weight is 398 g/mol. The van der Waals surface area contributed by atoms with Gasteiger partial charge < -0.3 is 10.1 Å². The van der Waals surface area contributed by atoms with Crippen LogP contribution < -0.4 is 10.6 Å². The van der Waals surface area contributed by atoms with Crippen LogP contribution in [0.3, 0.4) is 0 Å². The number of hydrogen-bond donors (Lipinski definition) is 2. The van der Waals surface area contributed by atoms with E-state index in [1.165, 1.54) is 13.3 Å². The van der Waals surface area contributed by atoms with Gasteiger partial charge in [-0.05, 0) is 57.0 Å². The minimum Gasteiger partial charge on any atom is -0.449 e. The van der Waals surface area contributed by atoms with Gasteiger partial charge in [-0.15, -0.1) is 0 Å². The minimum atomic E-state index is -1.09.